The first-order valence-electron chi connectivity index (χ1n) is 7.10. The molecule has 0 radical (unpaired) electrons. The number of hydrogen-bond donors (Lipinski definition) is 1. The van der Waals surface area contributed by atoms with Gasteiger partial charge in [0.25, 0.3) is 0 Å². The highest BCUT2D eigenvalue weighted by atomic mass is 16.2. The molecule has 0 fully saturated rings. The third kappa shape index (κ3) is 3.24. The zero-order valence-corrected chi connectivity index (χ0v) is 13.1. The first-order valence-corrected chi connectivity index (χ1v) is 7.10. The number of carbonyl (C=O) groups excluding carboxylic acids is 1. The van der Waals surface area contributed by atoms with Crippen LogP contribution in [0.15, 0.2) is 42.5 Å². The summed E-state index contributed by atoms with van der Waals surface area (Å²) in [5, 5.41) is 0. The second-order valence-corrected chi connectivity index (χ2v) is 5.58. The summed E-state index contributed by atoms with van der Waals surface area (Å²) in [6, 6.07) is 13.6. The molecule has 0 saturated carbocycles. The van der Waals surface area contributed by atoms with Crippen LogP contribution in [0, 0.1) is 13.8 Å². The van der Waals surface area contributed by atoms with Gasteiger partial charge in [-0.1, -0.05) is 29.8 Å². The van der Waals surface area contributed by atoms with Gasteiger partial charge in [-0.3, -0.25) is 4.79 Å². The second-order valence-electron chi connectivity index (χ2n) is 5.58. The molecule has 2 aromatic rings. The van der Waals surface area contributed by atoms with E-state index in [1.165, 1.54) is 5.56 Å². The highest BCUT2D eigenvalue weighted by molar-refractivity contribution is 5.98. The van der Waals surface area contributed by atoms with E-state index in [0.29, 0.717) is 5.69 Å². The first-order chi connectivity index (χ1) is 9.90. The van der Waals surface area contributed by atoms with Gasteiger partial charge in [-0.05, 0) is 50.1 Å². The zero-order chi connectivity index (χ0) is 15.6. The standard InChI is InChI=1S/C18H22N2O/c1-12-8-9-17(13(2)10-12)20(4)18(21)14(3)15-6-5-7-16(19)11-15/h5-11,14H,19H2,1-4H3. The number of benzene rings is 2. The van der Waals surface area contributed by atoms with Crippen LogP contribution in [0.25, 0.3) is 0 Å². The Hall–Kier alpha value is -2.29. The van der Waals surface area contributed by atoms with Gasteiger partial charge in [0.15, 0.2) is 0 Å². The molecule has 110 valence electrons. The normalized spacial score (nSPS) is 12.0. The summed E-state index contributed by atoms with van der Waals surface area (Å²) in [5.41, 5.74) is 10.7. The molecule has 0 spiro atoms. The highest BCUT2D eigenvalue weighted by Crippen LogP contribution is 2.25. The number of anilines is 2. The molecule has 0 aliphatic heterocycles. The average Bonchev–Trinajstić information content (AvgIpc) is 2.45. The van der Waals surface area contributed by atoms with E-state index >= 15 is 0 Å². The van der Waals surface area contributed by atoms with Gasteiger partial charge in [0.1, 0.15) is 0 Å². The molecule has 0 aliphatic rings. The smallest absolute Gasteiger partial charge is 0.233 e. The Morgan fingerprint density at radius 1 is 1.14 bits per heavy atom. The van der Waals surface area contributed by atoms with Crippen molar-refractivity contribution in [2.45, 2.75) is 26.7 Å². The molecule has 3 heteroatoms. The Morgan fingerprint density at radius 3 is 2.48 bits per heavy atom. The van der Waals surface area contributed by atoms with Gasteiger partial charge in [0.05, 0.1) is 5.92 Å². The van der Waals surface area contributed by atoms with Crippen LogP contribution in [0.2, 0.25) is 0 Å². The van der Waals surface area contributed by atoms with Crippen molar-refractivity contribution in [2.75, 3.05) is 17.7 Å². The second kappa shape index (κ2) is 6.00. The van der Waals surface area contributed by atoms with Gasteiger partial charge in [0.2, 0.25) is 5.91 Å². The van der Waals surface area contributed by atoms with Gasteiger partial charge in [-0.2, -0.15) is 0 Å². The minimum Gasteiger partial charge on any atom is -0.399 e. The lowest BCUT2D eigenvalue weighted by atomic mass is 9.98. The maximum absolute atomic E-state index is 12.7. The molecule has 2 rings (SSSR count). The van der Waals surface area contributed by atoms with Crippen LogP contribution in [-0.4, -0.2) is 13.0 Å². The largest absolute Gasteiger partial charge is 0.399 e. The Bertz CT molecular complexity index is 664. The number of nitrogens with zero attached hydrogens (tertiary/aromatic N) is 1. The van der Waals surface area contributed by atoms with Crippen LogP contribution in [0.5, 0.6) is 0 Å². The van der Waals surface area contributed by atoms with E-state index in [9.17, 15) is 4.79 Å². The monoisotopic (exact) mass is 282 g/mol. The molecule has 2 N–H and O–H groups in total. The van der Waals surface area contributed by atoms with E-state index in [1.54, 1.807) is 4.90 Å². The molecular formula is C18H22N2O. The average molecular weight is 282 g/mol. The predicted molar refractivity (Wildman–Crippen MR) is 88.6 cm³/mol. The van der Waals surface area contributed by atoms with Crippen molar-refractivity contribution < 1.29 is 4.79 Å². The summed E-state index contributed by atoms with van der Waals surface area (Å²) in [5.74, 6) is -0.160. The Morgan fingerprint density at radius 2 is 1.86 bits per heavy atom. The lowest BCUT2D eigenvalue weighted by Gasteiger charge is -2.23. The number of aryl methyl sites for hydroxylation is 2. The summed E-state index contributed by atoms with van der Waals surface area (Å²) < 4.78 is 0. The van der Waals surface area contributed by atoms with E-state index in [1.807, 2.05) is 64.2 Å². The van der Waals surface area contributed by atoms with Gasteiger partial charge in [-0.15, -0.1) is 0 Å². The molecule has 1 atom stereocenters. The minimum atomic E-state index is -0.223. The van der Waals surface area contributed by atoms with Gasteiger partial charge >= 0.3 is 0 Å². The van der Waals surface area contributed by atoms with Gasteiger partial charge in [0, 0.05) is 18.4 Å². The third-order valence-corrected chi connectivity index (χ3v) is 3.83. The molecule has 3 nitrogen and oxygen atoms in total. The van der Waals surface area contributed by atoms with Crippen LogP contribution in [-0.2, 0) is 4.79 Å². The molecule has 0 heterocycles. The maximum atomic E-state index is 12.7. The van der Waals surface area contributed by atoms with Crippen molar-refractivity contribution in [1.82, 2.24) is 0 Å². The van der Waals surface area contributed by atoms with E-state index in [0.717, 1.165) is 16.8 Å². The summed E-state index contributed by atoms with van der Waals surface area (Å²) in [6.07, 6.45) is 0. The fourth-order valence-corrected chi connectivity index (χ4v) is 2.56. The Balaban J connectivity index is 2.26. The van der Waals surface area contributed by atoms with Crippen LogP contribution >= 0.6 is 0 Å². The molecule has 0 aromatic heterocycles. The van der Waals surface area contributed by atoms with E-state index in [2.05, 4.69) is 6.07 Å². The Kier molecular flexibility index (Phi) is 4.32. The van der Waals surface area contributed by atoms with Crippen molar-refractivity contribution >= 4 is 17.3 Å². The number of likely N-dealkylation sites (N-methyl/N-ethyl adjacent to an activating group) is 1. The van der Waals surface area contributed by atoms with Crippen LogP contribution in [0.4, 0.5) is 11.4 Å². The first kappa shape index (κ1) is 15.1. The molecule has 1 unspecified atom stereocenters. The maximum Gasteiger partial charge on any atom is 0.233 e. The summed E-state index contributed by atoms with van der Waals surface area (Å²) >= 11 is 0. The fourth-order valence-electron chi connectivity index (χ4n) is 2.56. The van der Waals surface area contributed by atoms with E-state index in [-0.39, 0.29) is 11.8 Å². The fraction of sp³-hybridized carbons (Fsp3) is 0.278. The predicted octanol–water partition coefficient (Wildman–Crippen LogP) is 3.65. The van der Waals surface area contributed by atoms with Crippen molar-refractivity contribution in [3.8, 4) is 0 Å². The summed E-state index contributed by atoms with van der Waals surface area (Å²) in [4.78, 5) is 14.4. The van der Waals surface area contributed by atoms with Crippen molar-refractivity contribution in [1.29, 1.82) is 0 Å². The quantitative estimate of drug-likeness (QED) is 0.873. The molecule has 1 amide bonds. The minimum absolute atomic E-state index is 0.0625. The lowest BCUT2D eigenvalue weighted by molar-refractivity contribution is -0.119. The molecule has 21 heavy (non-hydrogen) atoms. The molecule has 0 bridgehead atoms. The number of hydrogen-bond acceptors (Lipinski definition) is 2. The van der Waals surface area contributed by atoms with Gasteiger partial charge in [-0.25, -0.2) is 0 Å². The van der Waals surface area contributed by atoms with Crippen molar-refractivity contribution in [2.24, 2.45) is 0 Å². The molecular weight excluding hydrogens is 260 g/mol. The third-order valence-electron chi connectivity index (χ3n) is 3.83. The van der Waals surface area contributed by atoms with Crippen LogP contribution < -0.4 is 10.6 Å². The van der Waals surface area contributed by atoms with Crippen LogP contribution in [0.1, 0.15) is 29.5 Å². The van der Waals surface area contributed by atoms with Gasteiger partial charge < -0.3 is 10.6 Å². The van der Waals surface area contributed by atoms with Crippen molar-refractivity contribution in [3.63, 3.8) is 0 Å². The lowest BCUT2D eigenvalue weighted by Crippen LogP contribution is -2.31. The molecule has 0 saturated heterocycles. The van der Waals surface area contributed by atoms with E-state index in [4.69, 9.17) is 5.73 Å². The topological polar surface area (TPSA) is 46.3 Å². The number of rotatable bonds is 3. The van der Waals surface area contributed by atoms with E-state index < -0.39 is 0 Å². The molecule has 0 aliphatic carbocycles. The molecule has 2 aromatic carbocycles. The van der Waals surface area contributed by atoms with Crippen LogP contribution in [0.3, 0.4) is 0 Å². The summed E-state index contributed by atoms with van der Waals surface area (Å²) in [6.45, 7) is 5.99. The zero-order valence-electron chi connectivity index (χ0n) is 13.1. The summed E-state index contributed by atoms with van der Waals surface area (Å²) in [7, 11) is 1.82. The number of nitrogen functional groups attached to an aromatic ring is 1. The highest BCUT2D eigenvalue weighted by Gasteiger charge is 2.21. The van der Waals surface area contributed by atoms with Crippen molar-refractivity contribution in [3.05, 3.63) is 59.2 Å². The Labute approximate surface area is 126 Å². The SMILES string of the molecule is Cc1ccc(N(C)C(=O)C(C)c2cccc(N)c2)c(C)c1. The number of amides is 1. The number of nitrogens with two attached hydrogens (primary N) is 1. The number of carbonyl (C=O) groups is 1.